The molecule has 100 valence electrons. The van der Waals surface area contributed by atoms with Crippen molar-refractivity contribution < 1.29 is 17.9 Å². The van der Waals surface area contributed by atoms with Gasteiger partial charge in [0.1, 0.15) is 0 Å². The Hall–Kier alpha value is -1.46. The molecule has 0 saturated heterocycles. The average Bonchev–Trinajstić information content (AvgIpc) is 2.35. The molecule has 19 heavy (non-hydrogen) atoms. The van der Waals surface area contributed by atoms with E-state index in [-0.39, 0.29) is 21.2 Å². The Morgan fingerprint density at radius 2 is 1.84 bits per heavy atom. The van der Waals surface area contributed by atoms with Crippen molar-refractivity contribution in [3.63, 3.8) is 0 Å². The fraction of sp³-hybridized carbons (Fsp3) is 0.0833. The lowest BCUT2D eigenvalue weighted by atomic mass is 10.1. The van der Waals surface area contributed by atoms with Crippen molar-refractivity contribution in [1.82, 2.24) is 4.98 Å². The van der Waals surface area contributed by atoms with Crippen LogP contribution in [0.25, 0.3) is 11.1 Å². The lowest BCUT2D eigenvalue weighted by Gasteiger charge is -2.12. The Morgan fingerprint density at radius 1 is 1.11 bits per heavy atom. The fourth-order valence-corrected chi connectivity index (χ4v) is 1.94. The summed E-state index contributed by atoms with van der Waals surface area (Å²) in [5, 5.41) is 0.321. The number of hydrogen-bond acceptors (Lipinski definition) is 2. The van der Waals surface area contributed by atoms with Crippen molar-refractivity contribution in [2.24, 2.45) is 0 Å². The van der Waals surface area contributed by atoms with Crippen molar-refractivity contribution in [2.75, 3.05) is 0 Å². The number of rotatable bonds is 3. The number of halogens is 5. The second kappa shape index (κ2) is 5.67. The van der Waals surface area contributed by atoms with E-state index >= 15 is 0 Å². The van der Waals surface area contributed by atoms with E-state index in [0.29, 0.717) is 0 Å². The minimum atomic E-state index is -3.16. The summed E-state index contributed by atoms with van der Waals surface area (Å²) in [4.78, 5) is 3.60. The van der Waals surface area contributed by atoms with E-state index in [1.165, 1.54) is 18.3 Å². The zero-order chi connectivity index (χ0) is 14.0. The van der Waals surface area contributed by atoms with Gasteiger partial charge in [-0.25, -0.2) is 4.39 Å². The van der Waals surface area contributed by atoms with Crippen molar-refractivity contribution in [3.05, 3.63) is 46.5 Å². The largest absolute Gasteiger partial charge is 0.431 e. The number of pyridine rings is 1. The van der Waals surface area contributed by atoms with Crippen LogP contribution in [-0.2, 0) is 0 Å². The molecule has 2 aromatic rings. The molecule has 0 aliphatic carbocycles. The van der Waals surface area contributed by atoms with Crippen molar-refractivity contribution in [2.45, 2.75) is 6.61 Å². The summed E-state index contributed by atoms with van der Waals surface area (Å²) in [5.41, 5.74) is 0.268. The summed E-state index contributed by atoms with van der Waals surface area (Å²) in [6.45, 7) is -3.16. The summed E-state index contributed by atoms with van der Waals surface area (Å²) < 4.78 is 42.3. The maximum absolute atomic E-state index is 13.5. The Labute approximate surface area is 116 Å². The van der Waals surface area contributed by atoms with Crippen LogP contribution < -0.4 is 4.74 Å². The van der Waals surface area contributed by atoms with Crippen LogP contribution in [0, 0.1) is 5.82 Å². The van der Waals surface area contributed by atoms with Crippen LogP contribution in [0.4, 0.5) is 13.2 Å². The van der Waals surface area contributed by atoms with Gasteiger partial charge in [0, 0.05) is 17.3 Å². The molecule has 0 spiro atoms. The molecule has 0 radical (unpaired) electrons. The van der Waals surface area contributed by atoms with Crippen LogP contribution in [0.2, 0.25) is 10.0 Å². The standard InChI is InChI=1S/C12H6Cl2F3NO/c13-8-3-1-2-6(10(8)14)7-4-18-5-9(15)11(7)19-12(16)17/h1-5,12H. The first kappa shape index (κ1) is 14.0. The Kier molecular flexibility index (Phi) is 4.17. The first-order valence-electron chi connectivity index (χ1n) is 5.03. The van der Waals surface area contributed by atoms with Gasteiger partial charge in [0.2, 0.25) is 0 Å². The highest BCUT2D eigenvalue weighted by molar-refractivity contribution is 6.43. The molecule has 1 aromatic heterocycles. The molecule has 7 heteroatoms. The molecule has 0 aliphatic rings. The number of nitrogens with zero attached hydrogens (tertiary/aromatic N) is 1. The van der Waals surface area contributed by atoms with Crippen LogP contribution >= 0.6 is 23.2 Å². The molecule has 2 nitrogen and oxygen atoms in total. The predicted octanol–water partition coefficient (Wildman–Crippen LogP) is 4.80. The topological polar surface area (TPSA) is 22.1 Å². The van der Waals surface area contributed by atoms with Crippen LogP contribution in [0.1, 0.15) is 0 Å². The van der Waals surface area contributed by atoms with Gasteiger partial charge in [-0.2, -0.15) is 8.78 Å². The maximum Gasteiger partial charge on any atom is 0.387 e. The van der Waals surface area contributed by atoms with Gasteiger partial charge in [0.15, 0.2) is 11.6 Å². The highest BCUT2D eigenvalue weighted by Crippen LogP contribution is 2.39. The SMILES string of the molecule is Fc1cncc(-c2cccc(Cl)c2Cl)c1OC(F)F. The molecule has 0 amide bonds. The molecule has 2 rings (SSSR count). The lowest BCUT2D eigenvalue weighted by Crippen LogP contribution is -2.05. The number of aromatic nitrogens is 1. The number of ether oxygens (including phenoxy) is 1. The van der Waals surface area contributed by atoms with E-state index in [4.69, 9.17) is 23.2 Å². The molecular formula is C12H6Cl2F3NO. The second-order valence-electron chi connectivity index (χ2n) is 3.48. The summed E-state index contributed by atoms with van der Waals surface area (Å²) in [6.07, 6.45) is 1.96. The molecule has 1 aromatic carbocycles. The third-order valence-corrected chi connectivity index (χ3v) is 3.12. The highest BCUT2D eigenvalue weighted by Gasteiger charge is 2.19. The minimum absolute atomic E-state index is 0.00722. The van der Waals surface area contributed by atoms with Gasteiger partial charge in [-0.05, 0) is 6.07 Å². The highest BCUT2D eigenvalue weighted by atomic mass is 35.5. The monoisotopic (exact) mass is 307 g/mol. The van der Waals surface area contributed by atoms with Gasteiger partial charge in [-0.1, -0.05) is 35.3 Å². The normalized spacial score (nSPS) is 10.8. The molecule has 0 saturated carbocycles. The Balaban J connectivity index is 2.62. The minimum Gasteiger partial charge on any atom is -0.431 e. The predicted molar refractivity (Wildman–Crippen MR) is 66.3 cm³/mol. The molecular weight excluding hydrogens is 302 g/mol. The van der Waals surface area contributed by atoms with Gasteiger partial charge >= 0.3 is 6.61 Å². The van der Waals surface area contributed by atoms with Crippen LogP contribution in [0.5, 0.6) is 5.75 Å². The quantitative estimate of drug-likeness (QED) is 0.813. The summed E-state index contributed by atoms with van der Waals surface area (Å²) in [5.74, 6) is -1.62. The molecule has 0 aliphatic heterocycles. The molecule has 0 fully saturated rings. The van der Waals surface area contributed by atoms with Crippen molar-refractivity contribution in [1.29, 1.82) is 0 Å². The average molecular weight is 308 g/mol. The second-order valence-corrected chi connectivity index (χ2v) is 4.26. The Morgan fingerprint density at radius 3 is 2.53 bits per heavy atom. The maximum atomic E-state index is 13.5. The number of alkyl halides is 2. The number of hydrogen-bond donors (Lipinski definition) is 0. The van der Waals surface area contributed by atoms with Crippen LogP contribution in [0.3, 0.4) is 0 Å². The first-order valence-corrected chi connectivity index (χ1v) is 5.79. The first-order chi connectivity index (χ1) is 9.00. The molecule has 0 atom stereocenters. The summed E-state index contributed by atoms with van der Waals surface area (Å²) in [6, 6.07) is 4.58. The van der Waals surface area contributed by atoms with Gasteiger partial charge in [0.25, 0.3) is 0 Å². The van der Waals surface area contributed by atoms with E-state index in [2.05, 4.69) is 9.72 Å². The lowest BCUT2D eigenvalue weighted by molar-refractivity contribution is -0.0518. The molecule has 0 N–H and O–H groups in total. The van der Waals surface area contributed by atoms with E-state index in [1.54, 1.807) is 6.07 Å². The summed E-state index contributed by atoms with van der Waals surface area (Å²) >= 11 is 11.8. The van der Waals surface area contributed by atoms with E-state index in [1.807, 2.05) is 0 Å². The van der Waals surface area contributed by atoms with Gasteiger partial charge in [-0.3, -0.25) is 4.98 Å². The van der Waals surface area contributed by atoms with E-state index in [0.717, 1.165) is 6.20 Å². The van der Waals surface area contributed by atoms with Gasteiger partial charge < -0.3 is 4.74 Å². The fourth-order valence-electron chi connectivity index (χ4n) is 1.54. The molecule has 0 bridgehead atoms. The van der Waals surface area contributed by atoms with Gasteiger partial charge in [-0.15, -0.1) is 0 Å². The Bertz CT molecular complexity index is 608. The van der Waals surface area contributed by atoms with Crippen LogP contribution in [0.15, 0.2) is 30.6 Å². The third-order valence-electron chi connectivity index (χ3n) is 2.30. The van der Waals surface area contributed by atoms with Crippen LogP contribution in [-0.4, -0.2) is 11.6 Å². The third kappa shape index (κ3) is 2.93. The van der Waals surface area contributed by atoms with Crippen molar-refractivity contribution >= 4 is 23.2 Å². The molecule has 1 heterocycles. The van der Waals surface area contributed by atoms with Crippen molar-refractivity contribution in [3.8, 4) is 16.9 Å². The summed E-state index contributed by atoms with van der Waals surface area (Å²) in [7, 11) is 0. The number of benzene rings is 1. The van der Waals surface area contributed by atoms with E-state index < -0.39 is 18.2 Å². The smallest absolute Gasteiger partial charge is 0.387 e. The zero-order valence-electron chi connectivity index (χ0n) is 9.21. The molecule has 0 unspecified atom stereocenters. The van der Waals surface area contributed by atoms with E-state index in [9.17, 15) is 13.2 Å². The van der Waals surface area contributed by atoms with Gasteiger partial charge in [0.05, 0.1) is 16.2 Å². The zero-order valence-corrected chi connectivity index (χ0v) is 10.7.